The quantitative estimate of drug-likeness (QED) is 0.533. The molecule has 29 heavy (non-hydrogen) atoms. The number of aryl methyl sites for hydroxylation is 1. The zero-order chi connectivity index (χ0) is 20.4. The summed E-state index contributed by atoms with van der Waals surface area (Å²) in [6.45, 7) is 2.46. The Morgan fingerprint density at radius 2 is 2.21 bits per heavy atom. The summed E-state index contributed by atoms with van der Waals surface area (Å²) in [4.78, 5) is 19.8. The largest absolute Gasteiger partial charge is 0.478 e. The van der Waals surface area contributed by atoms with Crippen LogP contribution in [0.5, 0.6) is 5.88 Å². The summed E-state index contributed by atoms with van der Waals surface area (Å²) in [6.07, 6.45) is 6.19. The SMILES string of the molecule is CCC(=O)Nc1cccc2c(C3=CCNC(Nc4cn(C)nc4OC)=N3)c[nH]c12. The smallest absolute Gasteiger partial charge is 0.256 e. The molecule has 0 saturated carbocycles. The van der Waals surface area contributed by atoms with Crippen LogP contribution in [-0.4, -0.2) is 40.3 Å². The maximum absolute atomic E-state index is 11.8. The predicted molar refractivity (Wildman–Crippen MR) is 114 cm³/mol. The van der Waals surface area contributed by atoms with Crippen LogP contribution in [0.25, 0.3) is 16.6 Å². The van der Waals surface area contributed by atoms with E-state index in [1.54, 1.807) is 11.8 Å². The maximum Gasteiger partial charge on any atom is 0.256 e. The van der Waals surface area contributed by atoms with Crippen molar-refractivity contribution in [1.82, 2.24) is 20.1 Å². The number of aromatic nitrogens is 3. The maximum atomic E-state index is 11.8. The van der Waals surface area contributed by atoms with Gasteiger partial charge in [0.15, 0.2) is 0 Å². The molecule has 3 aromatic rings. The first-order chi connectivity index (χ1) is 14.1. The number of hydrogen-bond donors (Lipinski definition) is 4. The van der Waals surface area contributed by atoms with Gasteiger partial charge >= 0.3 is 0 Å². The fourth-order valence-electron chi connectivity index (χ4n) is 3.23. The van der Waals surface area contributed by atoms with Crippen LogP contribution >= 0.6 is 0 Å². The zero-order valence-electron chi connectivity index (χ0n) is 16.5. The number of benzene rings is 1. The molecule has 1 amide bonds. The molecule has 9 nitrogen and oxygen atoms in total. The van der Waals surface area contributed by atoms with Crippen molar-refractivity contribution in [2.75, 3.05) is 24.3 Å². The first kappa shape index (κ1) is 18.6. The van der Waals surface area contributed by atoms with E-state index < -0.39 is 0 Å². The van der Waals surface area contributed by atoms with Crippen molar-refractivity contribution in [2.45, 2.75) is 13.3 Å². The average molecular weight is 393 g/mol. The molecule has 150 valence electrons. The third-order valence-electron chi connectivity index (χ3n) is 4.63. The molecule has 0 saturated heterocycles. The molecule has 0 unspecified atom stereocenters. The fraction of sp³-hybridized carbons (Fsp3) is 0.250. The molecule has 9 heteroatoms. The van der Waals surface area contributed by atoms with Crippen LogP contribution in [0.4, 0.5) is 11.4 Å². The summed E-state index contributed by atoms with van der Waals surface area (Å²) in [5.74, 6) is 1.08. The number of para-hydroxylation sites is 1. The summed E-state index contributed by atoms with van der Waals surface area (Å²) >= 11 is 0. The van der Waals surface area contributed by atoms with Gasteiger partial charge in [-0.25, -0.2) is 4.99 Å². The molecule has 1 aliphatic rings. The van der Waals surface area contributed by atoms with Crippen molar-refractivity contribution < 1.29 is 9.53 Å². The van der Waals surface area contributed by atoms with E-state index in [0.29, 0.717) is 24.8 Å². The Labute approximate surface area is 167 Å². The van der Waals surface area contributed by atoms with E-state index in [0.717, 1.165) is 33.5 Å². The van der Waals surface area contributed by atoms with Crippen molar-refractivity contribution in [1.29, 1.82) is 0 Å². The van der Waals surface area contributed by atoms with Crippen LogP contribution in [-0.2, 0) is 11.8 Å². The third-order valence-corrected chi connectivity index (χ3v) is 4.63. The number of guanidine groups is 1. The van der Waals surface area contributed by atoms with E-state index >= 15 is 0 Å². The topological polar surface area (TPSA) is 108 Å². The minimum atomic E-state index is -0.0235. The second-order valence-corrected chi connectivity index (χ2v) is 6.61. The number of aliphatic imine (C=N–C) groups is 1. The summed E-state index contributed by atoms with van der Waals surface area (Å²) in [5.41, 5.74) is 4.16. The minimum Gasteiger partial charge on any atom is -0.478 e. The van der Waals surface area contributed by atoms with Crippen molar-refractivity contribution in [3.05, 3.63) is 42.2 Å². The predicted octanol–water partition coefficient (Wildman–Crippen LogP) is 2.67. The van der Waals surface area contributed by atoms with E-state index in [4.69, 9.17) is 9.73 Å². The number of carbonyl (C=O) groups excluding carboxylic acids is 1. The molecular formula is C20H23N7O2. The zero-order valence-corrected chi connectivity index (χ0v) is 16.5. The number of hydrogen-bond acceptors (Lipinski definition) is 6. The van der Waals surface area contributed by atoms with Gasteiger partial charge in [0.25, 0.3) is 5.88 Å². The highest BCUT2D eigenvalue weighted by atomic mass is 16.5. The van der Waals surface area contributed by atoms with E-state index in [9.17, 15) is 4.79 Å². The molecule has 2 aromatic heterocycles. The highest BCUT2D eigenvalue weighted by Gasteiger charge is 2.16. The lowest BCUT2D eigenvalue weighted by atomic mass is 10.1. The summed E-state index contributed by atoms with van der Waals surface area (Å²) in [5, 5.41) is 14.6. The van der Waals surface area contributed by atoms with Gasteiger partial charge in [-0.15, -0.1) is 5.10 Å². The number of ether oxygens (including phenoxy) is 1. The van der Waals surface area contributed by atoms with Crippen LogP contribution in [0, 0.1) is 0 Å². The normalized spacial score (nSPS) is 13.5. The number of amides is 1. The summed E-state index contributed by atoms with van der Waals surface area (Å²) in [7, 11) is 3.41. The Bertz CT molecular complexity index is 1120. The van der Waals surface area contributed by atoms with Gasteiger partial charge < -0.3 is 25.7 Å². The Morgan fingerprint density at radius 1 is 1.34 bits per heavy atom. The molecule has 0 spiro atoms. The number of H-pyrrole nitrogens is 1. The van der Waals surface area contributed by atoms with Crippen LogP contribution in [0.1, 0.15) is 18.9 Å². The number of nitrogens with zero attached hydrogens (tertiary/aromatic N) is 3. The van der Waals surface area contributed by atoms with Crippen LogP contribution in [0.15, 0.2) is 41.7 Å². The molecule has 0 fully saturated rings. The van der Waals surface area contributed by atoms with E-state index in [-0.39, 0.29) is 5.91 Å². The molecule has 4 N–H and O–H groups in total. The molecule has 0 aliphatic carbocycles. The lowest BCUT2D eigenvalue weighted by Crippen LogP contribution is -2.33. The van der Waals surface area contributed by atoms with Gasteiger partial charge in [-0.2, -0.15) is 0 Å². The van der Waals surface area contributed by atoms with Crippen LogP contribution in [0.2, 0.25) is 0 Å². The Balaban J connectivity index is 1.64. The summed E-state index contributed by atoms with van der Waals surface area (Å²) in [6, 6.07) is 5.83. The first-order valence-electron chi connectivity index (χ1n) is 9.36. The average Bonchev–Trinajstić information content (AvgIpc) is 3.31. The second-order valence-electron chi connectivity index (χ2n) is 6.61. The molecule has 0 atom stereocenters. The van der Waals surface area contributed by atoms with E-state index in [1.807, 2.05) is 50.6 Å². The molecule has 0 radical (unpaired) electrons. The van der Waals surface area contributed by atoms with Gasteiger partial charge in [-0.05, 0) is 12.1 Å². The Kier molecular flexibility index (Phi) is 4.94. The molecule has 1 aromatic carbocycles. The van der Waals surface area contributed by atoms with Gasteiger partial charge in [0, 0.05) is 37.2 Å². The molecular weight excluding hydrogens is 370 g/mol. The second kappa shape index (κ2) is 7.70. The molecule has 0 bridgehead atoms. The molecule has 1 aliphatic heterocycles. The van der Waals surface area contributed by atoms with Crippen LogP contribution < -0.4 is 20.7 Å². The summed E-state index contributed by atoms with van der Waals surface area (Å²) < 4.78 is 6.96. The first-order valence-corrected chi connectivity index (χ1v) is 9.36. The number of anilines is 2. The van der Waals surface area contributed by atoms with Gasteiger partial charge in [0.2, 0.25) is 11.9 Å². The Hall–Kier alpha value is -3.75. The number of rotatable bonds is 5. The monoisotopic (exact) mass is 393 g/mol. The van der Waals surface area contributed by atoms with Gasteiger partial charge in [0.05, 0.1) is 30.2 Å². The van der Waals surface area contributed by atoms with Crippen molar-refractivity contribution >= 4 is 39.8 Å². The van der Waals surface area contributed by atoms with Gasteiger partial charge in [-0.3, -0.25) is 9.48 Å². The molecule has 3 heterocycles. The lowest BCUT2D eigenvalue weighted by molar-refractivity contribution is -0.115. The molecule has 4 rings (SSSR count). The third kappa shape index (κ3) is 3.66. The van der Waals surface area contributed by atoms with Gasteiger partial charge in [0.1, 0.15) is 5.69 Å². The number of fused-ring (bicyclic) bond motifs is 1. The standard InChI is InChI=1S/C20H23N7O2/c1-4-17(28)23-15-7-5-6-12-13(10-22-18(12)15)14-8-9-21-20(24-14)25-16-11-27(2)26-19(16)29-3/h5-8,10-11,22H,4,9H2,1-3H3,(H,23,28)(H2,21,24,25). The number of methoxy groups -OCH3 is 1. The number of aromatic amines is 1. The van der Waals surface area contributed by atoms with Crippen molar-refractivity contribution in [3.63, 3.8) is 0 Å². The number of nitrogens with one attached hydrogen (secondary N) is 4. The minimum absolute atomic E-state index is 0.0235. The Morgan fingerprint density at radius 3 is 3.00 bits per heavy atom. The van der Waals surface area contributed by atoms with E-state index in [1.165, 1.54) is 0 Å². The van der Waals surface area contributed by atoms with Crippen molar-refractivity contribution in [3.8, 4) is 5.88 Å². The fourth-order valence-corrected chi connectivity index (χ4v) is 3.23. The number of carbonyl (C=O) groups is 1. The van der Waals surface area contributed by atoms with E-state index in [2.05, 4.69) is 26.0 Å². The lowest BCUT2D eigenvalue weighted by Gasteiger charge is -2.16. The highest BCUT2D eigenvalue weighted by molar-refractivity contribution is 6.06. The van der Waals surface area contributed by atoms with Gasteiger partial charge in [-0.1, -0.05) is 19.1 Å². The van der Waals surface area contributed by atoms with Crippen molar-refractivity contribution in [2.24, 2.45) is 12.0 Å². The van der Waals surface area contributed by atoms with Crippen LogP contribution in [0.3, 0.4) is 0 Å². The highest BCUT2D eigenvalue weighted by Crippen LogP contribution is 2.31.